The van der Waals surface area contributed by atoms with Gasteiger partial charge in [-0.1, -0.05) is 30.3 Å². The second-order valence-electron chi connectivity index (χ2n) is 4.86. The molecule has 0 fully saturated rings. The average Bonchev–Trinajstić information content (AvgIpc) is 2.54. The first kappa shape index (κ1) is 15.9. The van der Waals surface area contributed by atoms with Gasteiger partial charge in [-0.15, -0.1) is 0 Å². The van der Waals surface area contributed by atoms with Crippen molar-refractivity contribution >= 4 is 5.69 Å². The molecule has 22 heavy (non-hydrogen) atoms. The van der Waals surface area contributed by atoms with Gasteiger partial charge in [-0.3, -0.25) is 10.1 Å². The summed E-state index contributed by atoms with van der Waals surface area (Å²) in [6, 6.07) is 13.7. The number of nitrogens with zero attached hydrogens (tertiary/aromatic N) is 1. The third-order valence-electron chi connectivity index (χ3n) is 3.16. The summed E-state index contributed by atoms with van der Waals surface area (Å²) >= 11 is 0. The molecule has 0 saturated heterocycles. The first-order valence-corrected chi connectivity index (χ1v) is 6.83. The molecular formula is C16H17NO5. The van der Waals surface area contributed by atoms with Gasteiger partial charge in [-0.2, -0.15) is 0 Å². The second kappa shape index (κ2) is 7.53. The number of benzene rings is 2. The Kier molecular flexibility index (Phi) is 5.46. The SMILES string of the molecule is O=[N+]([O-])c1ccc(OCc2ccccc2)c(C[C@H](O)CO)c1. The fraction of sp³-hybridized carbons (Fsp3) is 0.250. The van der Waals surface area contributed by atoms with E-state index in [1.54, 1.807) is 0 Å². The van der Waals surface area contributed by atoms with Gasteiger partial charge in [0.05, 0.1) is 17.6 Å². The van der Waals surface area contributed by atoms with Crippen LogP contribution in [0.4, 0.5) is 5.69 Å². The summed E-state index contributed by atoms with van der Waals surface area (Å²) in [5.74, 6) is 0.460. The number of hydrogen-bond acceptors (Lipinski definition) is 5. The largest absolute Gasteiger partial charge is 0.489 e. The van der Waals surface area contributed by atoms with E-state index < -0.39 is 17.6 Å². The summed E-state index contributed by atoms with van der Waals surface area (Å²) in [6.07, 6.45) is -0.899. The van der Waals surface area contributed by atoms with Gasteiger partial charge in [-0.25, -0.2) is 0 Å². The number of nitro benzene ring substituents is 1. The highest BCUT2D eigenvalue weighted by Gasteiger charge is 2.15. The van der Waals surface area contributed by atoms with Crippen molar-refractivity contribution in [3.63, 3.8) is 0 Å². The van der Waals surface area contributed by atoms with Crippen molar-refractivity contribution in [1.82, 2.24) is 0 Å². The molecule has 0 aliphatic carbocycles. The topological polar surface area (TPSA) is 92.8 Å². The Morgan fingerprint density at radius 1 is 1.18 bits per heavy atom. The molecule has 2 aromatic carbocycles. The Morgan fingerprint density at radius 3 is 2.55 bits per heavy atom. The minimum absolute atomic E-state index is 0.0767. The molecule has 0 unspecified atom stereocenters. The number of non-ortho nitro benzene ring substituents is 1. The molecule has 0 aliphatic rings. The van der Waals surface area contributed by atoms with Crippen LogP contribution in [-0.4, -0.2) is 27.8 Å². The van der Waals surface area contributed by atoms with Crippen molar-refractivity contribution in [3.8, 4) is 5.75 Å². The fourth-order valence-electron chi connectivity index (χ4n) is 2.03. The molecule has 0 aliphatic heterocycles. The maximum absolute atomic E-state index is 10.9. The maximum atomic E-state index is 10.9. The lowest BCUT2D eigenvalue weighted by Crippen LogP contribution is -2.16. The highest BCUT2D eigenvalue weighted by atomic mass is 16.6. The minimum Gasteiger partial charge on any atom is -0.489 e. The predicted molar refractivity (Wildman–Crippen MR) is 80.7 cm³/mol. The van der Waals surface area contributed by atoms with Crippen LogP contribution in [0, 0.1) is 10.1 Å². The molecule has 0 saturated carbocycles. The van der Waals surface area contributed by atoms with Gasteiger partial charge in [0, 0.05) is 24.1 Å². The molecule has 0 aromatic heterocycles. The van der Waals surface area contributed by atoms with Gasteiger partial charge in [0.25, 0.3) is 5.69 Å². The summed E-state index contributed by atoms with van der Waals surface area (Å²) in [5.41, 5.74) is 1.38. The Hall–Kier alpha value is -2.44. The molecular weight excluding hydrogens is 286 g/mol. The number of aliphatic hydroxyl groups is 2. The minimum atomic E-state index is -0.985. The monoisotopic (exact) mass is 303 g/mol. The van der Waals surface area contributed by atoms with Crippen molar-refractivity contribution in [3.05, 3.63) is 69.8 Å². The number of rotatable bonds is 7. The van der Waals surface area contributed by atoms with E-state index in [1.807, 2.05) is 30.3 Å². The average molecular weight is 303 g/mol. The van der Waals surface area contributed by atoms with Crippen LogP contribution < -0.4 is 4.74 Å². The standard InChI is InChI=1S/C16H17NO5/c18-10-15(19)9-13-8-14(17(20)21)6-7-16(13)22-11-12-4-2-1-3-5-12/h1-8,15,18-19H,9-11H2/t15-/m0/s1. The quantitative estimate of drug-likeness (QED) is 0.603. The molecule has 0 amide bonds. The molecule has 6 nitrogen and oxygen atoms in total. The lowest BCUT2D eigenvalue weighted by Gasteiger charge is -2.13. The first-order chi connectivity index (χ1) is 10.6. The number of nitro groups is 1. The van der Waals surface area contributed by atoms with Crippen molar-refractivity contribution in [2.45, 2.75) is 19.1 Å². The van der Waals surface area contributed by atoms with Crippen molar-refractivity contribution < 1.29 is 19.9 Å². The van der Waals surface area contributed by atoms with Gasteiger partial charge in [0.1, 0.15) is 12.4 Å². The smallest absolute Gasteiger partial charge is 0.269 e. The molecule has 116 valence electrons. The first-order valence-electron chi connectivity index (χ1n) is 6.83. The van der Waals surface area contributed by atoms with Gasteiger partial charge >= 0.3 is 0 Å². The van der Waals surface area contributed by atoms with Gasteiger partial charge in [0.2, 0.25) is 0 Å². The molecule has 2 N–H and O–H groups in total. The van der Waals surface area contributed by atoms with E-state index in [-0.39, 0.29) is 12.1 Å². The van der Waals surface area contributed by atoms with Crippen LogP contribution in [0.2, 0.25) is 0 Å². The van der Waals surface area contributed by atoms with Crippen molar-refractivity contribution in [2.75, 3.05) is 6.61 Å². The lowest BCUT2D eigenvalue weighted by atomic mass is 10.1. The summed E-state index contributed by atoms with van der Waals surface area (Å²) in [5, 5.41) is 29.4. The van der Waals surface area contributed by atoms with Gasteiger partial charge in [0.15, 0.2) is 0 Å². The Bertz CT molecular complexity index is 630. The molecule has 6 heteroatoms. The van der Waals surface area contributed by atoms with E-state index in [0.29, 0.717) is 17.9 Å². The summed E-state index contributed by atoms with van der Waals surface area (Å²) < 4.78 is 5.69. The summed E-state index contributed by atoms with van der Waals surface area (Å²) in [6.45, 7) is -0.0955. The molecule has 1 atom stereocenters. The predicted octanol–water partition coefficient (Wildman–Crippen LogP) is 2.07. The molecule has 2 rings (SSSR count). The van der Waals surface area contributed by atoms with E-state index in [1.165, 1.54) is 18.2 Å². The van der Waals surface area contributed by atoms with E-state index >= 15 is 0 Å². The maximum Gasteiger partial charge on any atom is 0.269 e. The van der Waals surface area contributed by atoms with E-state index in [0.717, 1.165) is 5.56 Å². The third-order valence-corrected chi connectivity index (χ3v) is 3.16. The molecule has 0 heterocycles. The number of ether oxygens (including phenoxy) is 1. The van der Waals surface area contributed by atoms with Gasteiger partial charge < -0.3 is 14.9 Å². The zero-order valence-electron chi connectivity index (χ0n) is 11.9. The van der Waals surface area contributed by atoms with Crippen LogP contribution >= 0.6 is 0 Å². The second-order valence-corrected chi connectivity index (χ2v) is 4.86. The number of hydrogen-bond donors (Lipinski definition) is 2. The van der Waals surface area contributed by atoms with Crippen LogP contribution in [0.3, 0.4) is 0 Å². The number of aliphatic hydroxyl groups excluding tert-OH is 2. The molecule has 2 aromatic rings. The van der Waals surface area contributed by atoms with Crippen LogP contribution in [-0.2, 0) is 13.0 Å². The third kappa shape index (κ3) is 4.28. The van der Waals surface area contributed by atoms with E-state index in [2.05, 4.69) is 0 Å². The highest BCUT2D eigenvalue weighted by Crippen LogP contribution is 2.26. The van der Waals surface area contributed by atoms with Crippen LogP contribution in [0.1, 0.15) is 11.1 Å². The highest BCUT2D eigenvalue weighted by molar-refractivity contribution is 5.44. The van der Waals surface area contributed by atoms with Crippen LogP contribution in [0.5, 0.6) is 5.75 Å². The lowest BCUT2D eigenvalue weighted by molar-refractivity contribution is -0.384. The fourth-order valence-corrected chi connectivity index (χ4v) is 2.03. The zero-order chi connectivity index (χ0) is 15.9. The summed E-state index contributed by atoms with van der Waals surface area (Å²) in [7, 11) is 0. The van der Waals surface area contributed by atoms with Crippen LogP contribution in [0.25, 0.3) is 0 Å². The molecule has 0 radical (unpaired) electrons. The Balaban J connectivity index is 2.19. The van der Waals surface area contributed by atoms with Crippen molar-refractivity contribution in [2.24, 2.45) is 0 Å². The Morgan fingerprint density at radius 2 is 1.91 bits per heavy atom. The summed E-state index contributed by atoms with van der Waals surface area (Å²) in [4.78, 5) is 10.3. The van der Waals surface area contributed by atoms with E-state index in [4.69, 9.17) is 9.84 Å². The molecule has 0 spiro atoms. The van der Waals surface area contributed by atoms with Crippen LogP contribution in [0.15, 0.2) is 48.5 Å². The normalized spacial score (nSPS) is 11.9. The van der Waals surface area contributed by atoms with Crippen molar-refractivity contribution in [1.29, 1.82) is 0 Å². The Labute approximate surface area is 127 Å². The van der Waals surface area contributed by atoms with Gasteiger partial charge in [-0.05, 0) is 11.6 Å². The zero-order valence-corrected chi connectivity index (χ0v) is 11.9. The van der Waals surface area contributed by atoms with E-state index in [9.17, 15) is 15.2 Å². The molecule has 0 bridgehead atoms.